The van der Waals surface area contributed by atoms with E-state index in [1.165, 1.54) is 11.3 Å². The van der Waals surface area contributed by atoms with Gasteiger partial charge in [-0.1, -0.05) is 6.08 Å². The van der Waals surface area contributed by atoms with E-state index in [9.17, 15) is 8.42 Å². The average molecular weight is 500 g/mol. The standard InChI is InChI=1S/C16H28N4O2S2.HI/c1-6-7-8-11-20(5)16(17-4)18-9-10-19-24(21,22)15-12-13(2)23-14(15)3;/h6,12,19H,1,7-11H2,2-5H3,(H,17,18);1H. The van der Waals surface area contributed by atoms with Crippen molar-refractivity contribution < 1.29 is 8.42 Å². The van der Waals surface area contributed by atoms with E-state index in [0.717, 1.165) is 35.1 Å². The lowest BCUT2D eigenvalue weighted by molar-refractivity contribution is 0.470. The van der Waals surface area contributed by atoms with Crippen LogP contribution in [0, 0.1) is 13.8 Å². The highest BCUT2D eigenvalue weighted by molar-refractivity contribution is 14.0. The van der Waals surface area contributed by atoms with Crippen LogP contribution in [0.15, 0.2) is 28.6 Å². The Hall–Kier alpha value is -0.650. The van der Waals surface area contributed by atoms with Crippen molar-refractivity contribution in [2.75, 3.05) is 33.7 Å². The van der Waals surface area contributed by atoms with Gasteiger partial charge in [-0.2, -0.15) is 0 Å². The second kappa shape index (κ2) is 11.9. The molecule has 25 heavy (non-hydrogen) atoms. The molecule has 2 N–H and O–H groups in total. The minimum Gasteiger partial charge on any atom is -0.355 e. The van der Waals surface area contributed by atoms with Crippen LogP contribution in [-0.2, 0) is 10.0 Å². The Labute approximate surface area is 172 Å². The van der Waals surface area contributed by atoms with Crippen LogP contribution < -0.4 is 10.0 Å². The van der Waals surface area contributed by atoms with Crippen molar-refractivity contribution in [3.05, 3.63) is 28.5 Å². The number of hydrogen-bond acceptors (Lipinski definition) is 4. The smallest absolute Gasteiger partial charge is 0.241 e. The second-order valence-corrected chi connectivity index (χ2v) is 8.70. The molecule has 1 heterocycles. The Morgan fingerprint density at radius 1 is 1.40 bits per heavy atom. The van der Waals surface area contributed by atoms with Crippen LogP contribution in [0.25, 0.3) is 0 Å². The van der Waals surface area contributed by atoms with Crippen LogP contribution in [0.4, 0.5) is 0 Å². The summed E-state index contributed by atoms with van der Waals surface area (Å²) in [5, 5.41) is 3.17. The normalized spacial score (nSPS) is 11.8. The summed E-state index contributed by atoms with van der Waals surface area (Å²) in [6.07, 6.45) is 3.86. The van der Waals surface area contributed by atoms with Gasteiger partial charge in [0.2, 0.25) is 10.0 Å². The molecule has 0 aromatic carbocycles. The molecule has 0 amide bonds. The van der Waals surface area contributed by atoms with Gasteiger partial charge in [0.1, 0.15) is 0 Å². The van der Waals surface area contributed by atoms with Crippen LogP contribution in [0.2, 0.25) is 0 Å². The maximum atomic E-state index is 12.3. The minimum absolute atomic E-state index is 0. The van der Waals surface area contributed by atoms with Gasteiger partial charge in [0, 0.05) is 43.5 Å². The fourth-order valence-electron chi connectivity index (χ4n) is 2.28. The molecule has 1 rings (SSSR count). The van der Waals surface area contributed by atoms with Gasteiger partial charge in [0.25, 0.3) is 0 Å². The van der Waals surface area contributed by atoms with Crippen LogP contribution in [0.5, 0.6) is 0 Å². The van der Waals surface area contributed by atoms with Gasteiger partial charge in [0.05, 0.1) is 4.90 Å². The van der Waals surface area contributed by atoms with E-state index in [0.29, 0.717) is 18.0 Å². The molecule has 0 spiro atoms. The zero-order valence-electron chi connectivity index (χ0n) is 15.3. The highest BCUT2D eigenvalue weighted by Crippen LogP contribution is 2.24. The Morgan fingerprint density at radius 3 is 2.60 bits per heavy atom. The summed E-state index contributed by atoms with van der Waals surface area (Å²) in [4.78, 5) is 8.40. The predicted octanol–water partition coefficient (Wildman–Crippen LogP) is 2.73. The number of rotatable bonds is 9. The van der Waals surface area contributed by atoms with Crippen LogP contribution in [0.3, 0.4) is 0 Å². The second-order valence-electron chi connectivity index (χ2n) is 5.50. The molecule has 0 atom stereocenters. The molecule has 0 saturated carbocycles. The summed E-state index contributed by atoms with van der Waals surface area (Å²) < 4.78 is 27.2. The highest BCUT2D eigenvalue weighted by atomic mass is 127. The minimum atomic E-state index is -3.46. The largest absolute Gasteiger partial charge is 0.355 e. The summed E-state index contributed by atoms with van der Waals surface area (Å²) in [6, 6.07) is 1.71. The number of sulfonamides is 1. The average Bonchev–Trinajstić information content (AvgIpc) is 2.87. The van der Waals surface area contributed by atoms with Crippen molar-refractivity contribution in [3.63, 3.8) is 0 Å². The fraction of sp³-hybridized carbons (Fsp3) is 0.562. The zero-order chi connectivity index (χ0) is 18.2. The molecule has 0 aliphatic rings. The van der Waals surface area contributed by atoms with Gasteiger partial charge in [-0.05, 0) is 32.8 Å². The molecular weight excluding hydrogens is 471 g/mol. The Bertz CT molecular complexity index is 672. The topological polar surface area (TPSA) is 73.8 Å². The summed E-state index contributed by atoms with van der Waals surface area (Å²) in [5.41, 5.74) is 0. The molecule has 0 unspecified atom stereocenters. The van der Waals surface area contributed by atoms with Crippen molar-refractivity contribution in [1.82, 2.24) is 14.9 Å². The first-order valence-electron chi connectivity index (χ1n) is 7.91. The van der Waals surface area contributed by atoms with E-state index in [2.05, 4.69) is 21.6 Å². The van der Waals surface area contributed by atoms with E-state index in [-0.39, 0.29) is 24.0 Å². The fourth-order valence-corrected chi connectivity index (χ4v) is 4.86. The van der Waals surface area contributed by atoms with E-state index < -0.39 is 10.0 Å². The number of nitrogens with zero attached hydrogens (tertiary/aromatic N) is 2. The van der Waals surface area contributed by atoms with Gasteiger partial charge in [-0.25, -0.2) is 13.1 Å². The van der Waals surface area contributed by atoms with E-state index in [4.69, 9.17) is 0 Å². The molecule has 144 valence electrons. The number of hydrogen-bond donors (Lipinski definition) is 2. The summed E-state index contributed by atoms with van der Waals surface area (Å²) in [5.74, 6) is 0.751. The lowest BCUT2D eigenvalue weighted by atomic mass is 10.3. The van der Waals surface area contributed by atoms with Crippen molar-refractivity contribution in [2.45, 2.75) is 31.6 Å². The van der Waals surface area contributed by atoms with Gasteiger partial charge in [-0.15, -0.1) is 41.9 Å². The molecule has 0 radical (unpaired) electrons. The molecule has 9 heteroatoms. The molecule has 6 nitrogen and oxygen atoms in total. The number of aryl methyl sites for hydroxylation is 2. The Morgan fingerprint density at radius 2 is 2.08 bits per heavy atom. The molecule has 0 fully saturated rings. The van der Waals surface area contributed by atoms with Crippen molar-refractivity contribution >= 4 is 51.3 Å². The first kappa shape index (κ1) is 24.4. The van der Waals surface area contributed by atoms with Crippen molar-refractivity contribution in [3.8, 4) is 0 Å². The summed E-state index contributed by atoms with van der Waals surface area (Å²) >= 11 is 1.49. The third kappa shape index (κ3) is 8.06. The monoisotopic (exact) mass is 500 g/mol. The first-order valence-corrected chi connectivity index (χ1v) is 10.2. The number of guanidine groups is 1. The Kier molecular flexibility index (Phi) is 11.6. The van der Waals surface area contributed by atoms with E-state index in [1.54, 1.807) is 13.1 Å². The molecule has 0 aliphatic heterocycles. The molecular formula is C16H29IN4O2S2. The maximum absolute atomic E-state index is 12.3. The molecule has 0 bridgehead atoms. The number of halogens is 1. The number of aliphatic imine (C=N–C) groups is 1. The molecule has 1 aromatic heterocycles. The summed E-state index contributed by atoms with van der Waals surface area (Å²) in [7, 11) is 0.218. The van der Waals surface area contributed by atoms with Gasteiger partial charge in [0.15, 0.2) is 5.96 Å². The molecule has 0 saturated heterocycles. The highest BCUT2D eigenvalue weighted by Gasteiger charge is 2.18. The number of unbranched alkanes of at least 4 members (excludes halogenated alkanes) is 1. The lowest BCUT2D eigenvalue weighted by Gasteiger charge is -2.21. The predicted molar refractivity (Wildman–Crippen MR) is 118 cm³/mol. The van der Waals surface area contributed by atoms with Crippen LogP contribution in [0.1, 0.15) is 22.6 Å². The third-order valence-corrected chi connectivity index (χ3v) is 6.14. The number of nitrogens with one attached hydrogen (secondary N) is 2. The molecule has 0 aliphatic carbocycles. The maximum Gasteiger partial charge on any atom is 0.241 e. The van der Waals surface area contributed by atoms with Gasteiger partial charge in [-0.3, -0.25) is 4.99 Å². The number of thiophene rings is 1. The van der Waals surface area contributed by atoms with Crippen LogP contribution in [-0.4, -0.2) is 53.0 Å². The SMILES string of the molecule is C=CCCCN(C)C(=NC)NCCNS(=O)(=O)c1cc(C)sc1C.I. The summed E-state index contributed by atoms with van der Waals surface area (Å²) in [6.45, 7) is 9.08. The van der Waals surface area contributed by atoms with E-state index in [1.807, 2.05) is 31.9 Å². The molecule has 1 aromatic rings. The van der Waals surface area contributed by atoms with Crippen molar-refractivity contribution in [2.24, 2.45) is 4.99 Å². The van der Waals surface area contributed by atoms with Crippen molar-refractivity contribution in [1.29, 1.82) is 0 Å². The van der Waals surface area contributed by atoms with Gasteiger partial charge < -0.3 is 10.2 Å². The zero-order valence-corrected chi connectivity index (χ0v) is 19.3. The van der Waals surface area contributed by atoms with Crippen LogP contribution >= 0.6 is 35.3 Å². The Balaban J connectivity index is 0.00000576. The van der Waals surface area contributed by atoms with Gasteiger partial charge >= 0.3 is 0 Å². The first-order chi connectivity index (χ1) is 11.3. The van der Waals surface area contributed by atoms with E-state index >= 15 is 0 Å². The third-order valence-electron chi connectivity index (χ3n) is 3.46. The lowest BCUT2D eigenvalue weighted by Crippen LogP contribution is -2.42. The number of allylic oxidation sites excluding steroid dienone is 1. The quantitative estimate of drug-likeness (QED) is 0.180.